The molecule has 0 atom stereocenters. The molecular formula is C15H17N3O3. The molecule has 21 heavy (non-hydrogen) atoms. The van der Waals surface area contributed by atoms with Gasteiger partial charge in [0.25, 0.3) is 5.91 Å². The topological polar surface area (TPSA) is 97.5 Å². The standard InChI is InChI=1S/C15H17N3O3/c1-2-21-14-4-3-11(7-10(14)8-16)18-15(20)12-5-6-17-9-13(12)19/h3-7,9,19H,2,8,16H2,1H3,(H,18,20). The molecule has 1 heterocycles. The van der Waals surface area contributed by atoms with E-state index in [1.165, 1.54) is 18.5 Å². The second-order valence-electron chi connectivity index (χ2n) is 4.31. The molecule has 1 aromatic heterocycles. The molecule has 0 saturated heterocycles. The number of rotatable bonds is 5. The number of nitrogens with zero attached hydrogens (tertiary/aromatic N) is 1. The number of pyridine rings is 1. The third kappa shape index (κ3) is 3.49. The van der Waals surface area contributed by atoms with Crippen LogP contribution >= 0.6 is 0 Å². The number of carbonyl (C=O) groups is 1. The summed E-state index contributed by atoms with van der Waals surface area (Å²) in [6.07, 6.45) is 2.66. The second kappa shape index (κ2) is 6.71. The van der Waals surface area contributed by atoms with Gasteiger partial charge in [-0.15, -0.1) is 0 Å². The maximum Gasteiger partial charge on any atom is 0.259 e. The Bertz CT molecular complexity index is 644. The molecule has 0 spiro atoms. The Morgan fingerprint density at radius 3 is 2.90 bits per heavy atom. The molecule has 0 saturated carbocycles. The molecule has 1 aromatic carbocycles. The van der Waals surface area contributed by atoms with Crippen molar-refractivity contribution in [1.82, 2.24) is 4.98 Å². The molecule has 2 aromatic rings. The van der Waals surface area contributed by atoms with Gasteiger partial charge in [0.2, 0.25) is 0 Å². The van der Waals surface area contributed by atoms with Gasteiger partial charge in [-0.1, -0.05) is 0 Å². The molecule has 0 unspecified atom stereocenters. The van der Waals surface area contributed by atoms with E-state index in [1.54, 1.807) is 18.2 Å². The summed E-state index contributed by atoms with van der Waals surface area (Å²) in [5.74, 6) is 0.117. The van der Waals surface area contributed by atoms with Gasteiger partial charge in [0.15, 0.2) is 0 Å². The Labute approximate surface area is 122 Å². The lowest BCUT2D eigenvalue weighted by atomic mass is 10.1. The van der Waals surface area contributed by atoms with Crippen LogP contribution in [-0.4, -0.2) is 22.6 Å². The van der Waals surface area contributed by atoms with E-state index in [1.807, 2.05) is 6.92 Å². The third-order valence-electron chi connectivity index (χ3n) is 2.88. The first-order chi connectivity index (χ1) is 10.2. The molecule has 0 fully saturated rings. The normalized spacial score (nSPS) is 10.2. The van der Waals surface area contributed by atoms with Crippen molar-refractivity contribution >= 4 is 11.6 Å². The van der Waals surface area contributed by atoms with Crippen LogP contribution in [0.3, 0.4) is 0 Å². The summed E-state index contributed by atoms with van der Waals surface area (Å²) in [4.78, 5) is 15.8. The lowest BCUT2D eigenvalue weighted by molar-refractivity contribution is 0.102. The Hall–Kier alpha value is -2.60. The van der Waals surface area contributed by atoms with Crippen LogP contribution in [0.25, 0.3) is 0 Å². The predicted molar refractivity (Wildman–Crippen MR) is 79.4 cm³/mol. The molecule has 1 amide bonds. The first kappa shape index (κ1) is 14.8. The van der Waals surface area contributed by atoms with Crippen molar-refractivity contribution in [3.05, 3.63) is 47.8 Å². The summed E-state index contributed by atoms with van der Waals surface area (Å²) in [5, 5.41) is 12.3. The molecule has 0 aliphatic heterocycles. The molecule has 0 bridgehead atoms. The van der Waals surface area contributed by atoms with Gasteiger partial charge in [-0.3, -0.25) is 9.78 Å². The summed E-state index contributed by atoms with van der Waals surface area (Å²) in [6, 6.07) is 6.68. The first-order valence-corrected chi connectivity index (χ1v) is 6.55. The van der Waals surface area contributed by atoms with Crippen molar-refractivity contribution in [3.63, 3.8) is 0 Å². The zero-order valence-corrected chi connectivity index (χ0v) is 11.7. The smallest absolute Gasteiger partial charge is 0.259 e. The zero-order valence-electron chi connectivity index (χ0n) is 11.7. The highest BCUT2D eigenvalue weighted by Crippen LogP contribution is 2.23. The Kier molecular flexibility index (Phi) is 4.73. The number of hydrogen-bond donors (Lipinski definition) is 3. The van der Waals surface area contributed by atoms with Crippen molar-refractivity contribution in [2.75, 3.05) is 11.9 Å². The zero-order chi connectivity index (χ0) is 15.2. The molecule has 110 valence electrons. The van der Waals surface area contributed by atoms with Gasteiger partial charge in [0.05, 0.1) is 18.4 Å². The minimum Gasteiger partial charge on any atom is -0.505 e. The van der Waals surface area contributed by atoms with Crippen LogP contribution in [0.2, 0.25) is 0 Å². The predicted octanol–water partition coefficient (Wildman–Crippen LogP) is 1.90. The molecule has 0 radical (unpaired) electrons. The average Bonchev–Trinajstić information content (AvgIpc) is 2.49. The van der Waals surface area contributed by atoms with Crippen molar-refractivity contribution in [3.8, 4) is 11.5 Å². The van der Waals surface area contributed by atoms with Gasteiger partial charge in [0, 0.05) is 24.0 Å². The van der Waals surface area contributed by atoms with E-state index in [0.29, 0.717) is 24.6 Å². The van der Waals surface area contributed by atoms with Gasteiger partial charge in [-0.25, -0.2) is 0 Å². The highest BCUT2D eigenvalue weighted by molar-refractivity contribution is 6.06. The van der Waals surface area contributed by atoms with Gasteiger partial charge in [0.1, 0.15) is 11.5 Å². The third-order valence-corrected chi connectivity index (χ3v) is 2.88. The minimum atomic E-state index is -0.415. The van der Waals surface area contributed by atoms with Crippen LogP contribution < -0.4 is 15.8 Å². The lowest BCUT2D eigenvalue weighted by Gasteiger charge is -2.12. The summed E-state index contributed by atoms with van der Waals surface area (Å²) in [7, 11) is 0. The Balaban J connectivity index is 2.20. The van der Waals surface area contributed by atoms with Crippen LogP contribution in [-0.2, 0) is 6.54 Å². The number of hydrogen-bond acceptors (Lipinski definition) is 5. The van der Waals surface area contributed by atoms with Gasteiger partial charge in [-0.2, -0.15) is 0 Å². The van der Waals surface area contributed by atoms with Crippen LogP contribution in [0.5, 0.6) is 11.5 Å². The Morgan fingerprint density at radius 1 is 1.43 bits per heavy atom. The summed E-state index contributed by atoms with van der Waals surface area (Å²) < 4.78 is 5.45. The number of amides is 1. The van der Waals surface area contributed by atoms with Gasteiger partial charge >= 0.3 is 0 Å². The van der Waals surface area contributed by atoms with Crippen molar-refractivity contribution in [2.24, 2.45) is 5.73 Å². The number of anilines is 1. The highest BCUT2D eigenvalue weighted by Gasteiger charge is 2.12. The number of ether oxygens (including phenoxy) is 1. The van der Waals surface area contributed by atoms with E-state index in [0.717, 1.165) is 5.56 Å². The van der Waals surface area contributed by atoms with Crippen molar-refractivity contribution in [1.29, 1.82) is 0 Å². The average molecular weight is 287 g/mol. The first-order valence-electron chi connectivity index (χ1n) is 6.55. The maximum atomic E-state index is 12.1. The number of benzene rings is 1. The molecule has 6 heteroatoms. The summed E-state index contributed by atoms with van der Waals surface area (Å²) in [6.45, 7) is 2.74. The van der Waals surface area contributed by atoms with Crippen molar-refractivity contribution in [2.45, 2.75) is 13.5 Å². The van der Waals surface area contributed by atoms with Crippen LogP contribution in [0.1, 0.15) is 22.8 Å². The maximum absolute atomic E-state index is 12.1. The van der Waals surface area contributed by atoms with E-state index < -0.39 is 5.91 Å². The fraction of sp³-hybridized carbons (Fsp3) is 0.200. The number of aromatic nitrogens is 1. The van der Waals surface area contributed by atoms with E-state index in [9.17, 15) is 9.90 Å². The summed E-state index contributed by atoms with van der Waals surface area (Å²) in [5.41, 5.74) is 7.22. The summed E-state index contributed by atoms with van der Waals surface area (Å²) >= 11 is 0. The van der Waals surface area contributed by atoms with Gasteiger partial charge < -0.3 is 20.9 Å². The fourth-order valence-corrected chi connectivity index (χ4v) is 1.89. The van der Waals surface area contributed by atoms with Crippen LogP contribution in [0.4, 0.5) is 5.69 Å². The molecule has 6 nitrogen and oxygen atoms in total. The number of nitrogens with one attached hydrogen (secondary N) is 1. The van der Waals surface area contributed by atoms with Gasteiger partial charge in [-0.05, 0) is 31.2 Å². The van der Waals surface area contributed by atoms with Crippen molar-refractivity contribution < 1.29 is 14.6 Å². The molecule has 4 N–H and O–H groups in total. The largest absolute Gasteiger partial charge is 0.505 e. The number of aromatic hydroxyl groups is 1. The number of nitrogens with two attached hydrogens (primary N) is 1. The van der Waals surface area contributed by atoms with E-state index in [4.69, 9.17) is 10.5 Å². The van der Waals surface area contributed by atoms with E-state index >= 15 is 0 Å². The number of carbonyl (C=O) groups excluding carboxylic acids is 1. The van der Waals surface area contributed by atoms with E-state index in [-0.39, 0.29) is 11.3 Å². The quantitative estimate of drug-likeness (QED) is 0.780. The van der Waals surface area contributed by atoms with E-state index in [2.05, 4.69) is 10.3 Å². The molecule has 0 aliphatic rings. The second-order valence-corrected chi connectivity index (χ2v) is 4.31. The highest BCUT2D eigenvalue weighted by atomic mass is 16.5. The minimum absolute atomic E-state index is 0.160. The van der Waals surface area contributed by atoms with Crippen LogP contribution in [0, 0.1) is 0 Å². The lowest BCUT2D eigenvalue weighted by Crippen LogP contribution is -2.13. The fourth-order valence-electron chi connectivity index (χ4n) is 1.89. The monoisotopic (exact) mass is 287 g/mol. The van der Waals surface area contributed by atoms with Crippen LogP contribution in [0.15, 0.2) is 36.7 Å². The molecule has 0 aliphatic carbocycles. The molecular weight excluding hydrogens is 270 g/mol. The Morgan fingerprint density at radius 2 is 2.24 bits per heavy atom. The SMILES string of the molecule is CCOc1ccc(NC(=O)c2ccncc2O)cc1CN. The molecule has 2 rings (SSSR count).